The molecular weight excluding hydrogens is 202 g/mol. The quantitative estimate of drug-likeness (QED) is 0.731. The van der Waals surface area contributed by atoms with Gasteiger partial charge >= 0.3 is 5.97 Å². The molecule has 3 nitrogen and oxygen atoms in total. The number of ether oxygens (including phenoxy) is 1. The number of nitriles is 1. The second kappa shape index (κ2) is 5.32. The number of hydrogen-bond acceptors (Lipinski definition) is 3. The van der Waals surface area contributed by atoms with Crippen molar-refractivity contribution >= 4 is 5.97 Å². The second-order valence-electron chi connectivity index (χ2n) is 3.53. The van der Waals surface area contributed by atoms with Crippen molar-refractivity contribution in [2.75, 3.05) is 6.61 Å². The molecule has 0 fully saturated rings. The zero-order valence-corrected chi connectivity index (χ0v) is 9.83. The van der Waals surface area contributed by atoms with E-state index in [0.717, 1.165) is 11.1 Å². The molecule has 0 spiro atoms. The van der Waals surface area contributed by atoms with E-state index in [1.165, 1.54) is 0 Å². The molecule has 0 heterocycles. The Hall–Kier alpha value is -1.82. The normalized spacial score (nSPS) is 9.62. The molecule has 1 aromatic carbocycles. The lowest BCUT2D eigenvalue weighted by Crippen LogP contribution is -2.10. The van der Waals surface area contributed by atoms with Gasteiger partial charge in [-0.15, -0.1) is 0 Å². The topological polar surface area (TPSA) is 50.1 Å². The average molecular weight is 217 g/mol. The van der Waals surface area contributed by atoms with Gasteiger partial charge < -0.3 is 4.74 Å². The van der Waals surface area contributed by atoms with Crippen molar-refractivity contribution in [1.82, 2.24) is 0 Å². The Morgan fingerprint density at radius 2 is 2.12 bits per heavy atom. The van der Waals surface area contributed by atoms with E-state index < -0.39 is 5.97 Å². The molecule has 0 atom stereocenters. The van der Waals surface area contributed by atoms with Gasteiger partial charge in [0.2, 0.25) is 0 Å². The summed E-state index contributed by atoms with van der Waals surface area (Å²) in [5.74, 6) is -0.407. The van der Waals surface area contributed by atoms with Crippen LogP contribution >= 0.6 is 0 Å². The minimum atomic E-state index is -0.407. The number of carbonyl (C=O) groups is 1. The van der Waals surface area contributed by atoms with E-state index in [1.807, 2.05) is 26.0 Å². The zero-order chi connectivity index (χ0) is 12.1. The van der Waals surface area contributed by atoms with Gasteiger partial charge in [0.25, 0.3) is 0 Å². The van der Waals surface area contributed by atoms with Crippen molar-refractivity contribution in [2.24, 2.45) is 0 Å². The molecule has 0 saturated heterocycles. The first-order valence-electron chi connectivity index (χ1n) is 5.34. The maximum atomic E-state index is 11.7. The zero-order valence-electron chi connectivity index (χ0n) is 9.83. The van der Waals surface area contributed by atoms with Gasteiger partial charge in [-0.2, -0.15) is 5.26 Å². The molecule has 0 unspecified atom stereocenters. The van der Waals surface area contributed by atoms with Crippen molar-refractivity contribution in [3.8, 4) is 6.07 Å². The second-order valence-corrected chi connectivity index (χ2v) is 3.53. The Labute approximate surface area is 95.7 Å². The summed E-state index contributed by atoms with van der Waals surface area (Å²) in [6.45, 7) is 5.94. The molecule has 0 saturated carbocycles. The SMILES string of the molecule is CCOC(=O)c1c(C#N)cc(C)cc1CC. The molecule has 1 aromatic rings. The van der Waals surface area contributed by atoms with E-state index in [1.54, 1.807) is 13.0 Å². The van der Waals surface area contributed by atoms with E-state index in [9.17, 15) is 4.79 Å². The lowest BCUT2D eigenvalue weighted by molar-refractivity contribution is 0.0525. The predicted molar refractivity (Wildman–Crippen MR) is 61.2 cm³/mol. The van der Waals surface area contributed by atoms with Crippen LogP contribution in [-0.4, -0.2) is 12.6 Å². The summed E-state index contributed by atoms with van der Waals surface area (Å²) in [7, 11) is 0. The van der Waals surface area contributed by atoms with Gasteiger partial charge in [0.05, 0.1) is 17.7 Å². The van der Waals surface area contributed by atoms with Crippen LogP contribution in [0.3, 0.4) is 0 Å². The van der Waals surface area contributed by atoms with Crippen LogP contribution < -0.4 is 0 Å². The fraction of sp³-hybridized carbons (Fsp3) is 0.385. The molecule has 0 radical (unpaired) electrons. The summed E-state index contributed by atoms with van der Waals surface area (Å²) in [4.78, 5) is 11.7. The molecule has 1 rings (SSSR count). The van der Waals surface area contributed by atoms with Crippen LogP contribution in [0.4, 0.5) is 0 Å². The summed E-state index contributed by atoms with van der Waals surface area (Å²) in [6.07, 6.45) is 0.713. The number of rotatable bonds is 3. The molecule has 0 amide bonds. The number of esters is 1. The minimum Gasteiger partial charge on any atom is -0.462 e. The van der Waals surface area contributed by atoms with Crippen molar-refractivity contribution in [3.05, 3.63) is 34.4 Å². The maximum Gasteiger partial charge on any atom is 0.339 e. The highest BCUT2D eigenvalue weighted by molar-refractivity contribution is 5.94. The monoisotopic (exact) mass is 217 g/mol. The average Bonchev–Trinajstić information content (AvgIpc) is 2.27. The standard InChI is InChI=1S/C13H15NO2/c1-4-10-6-9(3)7-11(8-14)12(10)13(15)16-5-2/h6-7H,4-5H2,1-3H3. The van der Waals surface area contributed by atoms with Crippen molar-refractivity contribution in [2.45, 2.75) is 27.2 Å². The van der Waals surface area contributed by atoms with Gasteiger partial charge in [-0.1, -0.05) is 13.0 Å². The number of hydrogen-bond donors (Lipinski definition) is 0. The third-order valence-corrected chi connectivity index (χ3v) is 2.35. The highest BCUT2D eigenvalue weighted by atomic mass is 16.5. The lowest BCUT2D eigenvalue weighted by atomic mass is 9.97. The van der Waals surface area contributed by atoms with Gasteiger partial charge in [-0.05, 0) is 37.5 Å². The van der Waals surface area contributed by atoms with E-state index in [2.05, 4.69) is 0 Å². The molecule has 0 bridgehead atoms. The Morgan fingerprint density at radius 3 is 2.62 bits per heavy atom. The minimum absolute atomic E-state index is 0.320. The van der Waals surface area contributed by atoms with E-state index >= 15 is 0 Å². The number of carbonyl (C=O) groups excluding carboxylic acids is 1. The first-order valence-corrected chi connectivity index (χ1v) is 5.34. The number of aryl methyl sites for hydroxylation is 2. The van der Waals surface area contributed by atoms with Gasteiger partial charge in [0.1, 0.15) is 6.07 Å². The molecule has 0 aliphatic heterocycles. The molecular formula is C13H15NO2. The largest absolute Gasteiger partial charge is 0.462 e. The highest BCUT2D eigenvalue weighted by Gasteiger charge is 2.17. The number of nitrogens with zero attached hydrogens (tertiary/aromatic N) is 1. The van der Waals surface area contributed by atoms with Gasteiger partial charge in [0, 0.05) is 0 Å². The summed E-state index contributed by atoms with van der Waals surface area (Å²) in [5, 5.41) is 9.02. The molecule has 0 aliphatic carbocycles. The first-order chi connectivity index (χ1) is 7.63. The third kappa shape index (κ3) is 2.40. The van der Waals surface area contributed by atoms with E-state index in [4.69, 9.17) is 10.00 Å². The Morgan fingerprint density at radius 1 is 1.44 bits per heavy atom. The van der Waals surface area contributed by atoms with Crippen LogP contribution in [0.1, 0.15) is 40.9 Å². The van der Waals surface area contributed by atoms with Crippen molar-refractivity contribution in [3.63, 3.8) is 0 Å². The fourth-order valence-electron chi connectivity index (χ4n) is 1.67. The molecule has 0 N–H and O–H groups in total. The highest BCUT2D eigenvalue weighted by Crippen LogP contribution is 2.19. The summed E-state index contributed by atoms with van der Waals surface area (Å²) in [5.41, 5.74) is 2.67. The van der Waals surface area contributed by atoms with E-state index in [0.29, 0.717) is 24.2 Å². The van der Waals surface area contributed by atoms with Crippen LogP contribution in [0.2, 0.25) is 0 Å². The molecule has 0 aromatic heterocycles. The molecule has 16 heavy (non-hydrogen) atoms. The Balaban J connectivity index is 3.34. The van der Waals surface area contributed by atoms with Crippen molar-refractivity contribution < 1.29 is 9.53 Å². The smallest absolute Gasteiger partial charge is 0.339 e. The van der Waals surface area contributed by atoms with Crippen LogP contribution in [0.15, 0.2) is 12.1 Å². The Bertz CT molecular complexity index is 444. The van der Waals surface area contributed by atoms with Crippen LogP contribution in [0.25, 0.3) is 0 Å². The Kier molecular flexibility index (Phi) is 4.07. The summed E-state index contributed by atoms with van der Waals surface area (Å²) >= 11 is 0. The van der Waals surface area contributed by atoms with Crippen LogP contribution in [0, 0.1) is 18.3 Å². The summed E-state index contributed by atoms with van der Waals surface area (Å²) < 4.78 is 4.96. The predicted octanol–water partition coefficient (Wildman–Crippen LogP) is 2.61. The third-order valence-electron chi connectivity index (χ3n) is 2.35. The van der Waals surface area contributed by atoms with E-state index in [-0.39, 0.29) is 0 Å². The molecule has 0 aliphatic rings. The maximum absolute atomic E-state index is 11.7. The van der Waals surface area contributed by atoms with Crippen molar-refractivity contribution in [1.29, 1.82) is 5.26 Å². The van der Waals surface area contributed by atoms with Gasteiger partial charge in [-0.25, -0.2) is 4.79 Å². The van der Waals surface area contributed by atoms with Crippen LogP contribution in [-0.2, 0) is 11.2 Å². The summed E-state index contributed by atoms with van der Waals surface area (Å²) in [6, 6.07) is 5.69. The fourth-order valence-corrected chi connectivity index (χ4v) is 1.67. The van der Waals surface area contributed by atoms with Gasteiger partial charge in [-0.3, -0.25) is 0 Å². The lowest BCUT2D eigenvalue weighted by Gasteiger charge is -2.10. The molecule has 84 valence electrons. The van der Waals surface area contributed by atoms with Crippen LogP contribution in [0.5, 0.6) is 0 Å². The first kappa shape index (κ1) is 12.3. The number of benzene rings is 1. The van der Waals surface area contributed by atoms with Gasteiger partial charge in [0.15, 0.2) is 0 Å². The molecule has 3 heteroatoms.